The van der Waals surface area contributed by atoms with Crippen LogP contribution in [0.3, 0.4) is 0 Å². The lowest BCUT2D eigenvalue weighted by Gasteiger charge is -2.24. The summed E-state index contributed by atoms with van der Waals surface area (Å²) in [7, 11) is 0. The molecule has 3 nitrogen and oxygen atoms in total. The van der Waals surface area contributed by atoms with Crippen molar-refractivity contribution in [3.05, 3.63) is 24.2 Å². The fourth-order valence-corrected chi connectivity index (χ4v) is 2.73. The van der Waals surface area contributed by atoms with Crippen molar-refractivity contribution in [1.82, 2.24) is 4.90 Å². The number of alkyl halides is 1. The molecular formula is C13H18BrNO2. The highest BCUT2D eigenvalue weighted by Gasteiger charge is 2.31. The van der Waals surface area contributed by atoms with Gasteiger partial charge in [0.25, 0.3) is 0 Å². The summed E-state index contributed by atoms with van der Waals surface area (Å²) in [5.41, 5.74) is 0. The number of rotatable bonds is 5. The van der Waals surface area contributed by atoms with Crippen LogP contribution in [0, 0.1) is 5.92 Å². The molecule has 0 N–H and O–H groups in total. The molecule has 0 aromatic carbocycles. The van der Waals surface area contributed by atoms with Crippen molar-refractivity contribution in [2.75, 3.05) is 11.9 Å². The van der Waals surface area contributed by atoms with Crippen LogP contribution in [0.2, 0.25) is 0 Å². The maximum atomic E-state index is 11.8. The number of carbonyl (C=O) groups is 1. The van der Waals surface area contributed by atoms with E-state index in [1.54, 1.807) is 6.26 Å². The largest absolute Gasteiger partial charge is 0.469 e. The Morgan fingerprint density at radius 3 is 3.06 bits per heavy atom. The Labute approximate surface area is 110 Å². The molecule has 0 aliphatic carbocycles. The van der Waals surface area contributed by atoms with Crippen molar-refractivity contribution in [2.24, 2.45) is 5.92 Å². The van der Waals surface area contributed by atoms with Gasteiger partial charge in [-0.15, -0.1) is 0 Å². The van der Waals surface area contributed by atoms with Crippen LogP contribution < -0.4 is 0 Å². The second-order valence-electron chi connectivity index (χ2n) is 4.74. The van der Waals surface area contributed by atoms with Crippen LogP contribution in [0.25, 0.3) is 0 Å². The van der Waals surface area contributed by atoms with Crippen molar-refractivity contribution >= 4 is 21.8 Å². The van der Waals surface area contributed by atoms with Crippen LogP contribution >= 0.6 is 15.9 Å². The lowest BCUT2D eigenvalue weighted by Crippen LogP contribution is -2.34. The highest BCUT2D eigenvalue weighted by atomic mass is 79.9. The lowest BCUT2D eigenvalue weighted by atomic mass is 10.1. The number of nitrogens with zero attached hydrogens (tertiary/aromatic N) is 1. The summed E-state index contributed by atoms with van der Waals surface area (Å²) in [6.07, 6.45) is 4.25. The molecule has 4 heteroatoms. The maximum absolute atomic E-state index is 11.8. The maximum Gasteiger partial charge on any atom is 0.223 e. The fraction of sp³-hybridized carbons (Fsp3) is 0.615. The van der Waals surface area contributed by atoms with Crippen LogP contribution in [-0.4, -0.2) is 28.7 Å². The average molecular weight is 300 g/mol. The molecule has 0 bridgehead atoms. The molecule has 2 heterocycles. The molecule has 1 aromatic heterocycles. The second-order valence-corrected chi connectivity index (χ2v) is 5.39. The summed E-state index contributed by atoms with van der Waals surface area (Å²) in [4.78, 5) is 13.8. The van der Waals surface area contributed by atoms with Crippen LogP contribution in [0.1, 0.15) is 25.5 Å². The molecule has 1 saturated heterocycles. The molecule has 1 aliphatic heterocycles. The van der Waals surface area contributed by atoms with Gasteiger partial charge in [0.2, 0.25) is 5.91 Å². The van der Waals surface area contributed by atoms with Crippen molar-refractivity contribution in [3.8, 4) is 0 Å². The third-order valence-corrected chi connectivity index (χ3v) is 4.29. The van der Waals surface area contributed by atoms with Crippen molar-refractivity contribution < 1.29 is 9.21 Å². The standard InChI is InChI=1S/C13H18BrNO2/c1-10(4-5-12-3-2-6-17-12)15-9-11(8-14)7-13(15)16/h2-3,6,10-11H,4-5,7-9H2,1H3. The Balaban J connectivity index is 1.83. The van der Waals surface area contributed by atoms with Crippen LogP contribution in [0.5, 0.6) is 0 Å². The summed E-state index contributed by atoms with van der Waals surface area (Å²) in [6.45, 7) is 3.01. The monoisotopic (exact) mass is 299 g/mol. The van der Waals surface area contributed by atoms with E-state index in [0.29, 0.717) is 24.3 Å². The van der Waals surface area contributed by atoms with Gasteiger partial charge in [0.15, 0.2) is 0 Å². The summed E-state index contributed by atoms with van der Waals surface area (Å²) in [6, 6.07) is 4.19. The smallest absolute Gasteiger partial charge is 0.223 e. The van der Waals surface area contributed by atoms with E-state index < -0.39 is 0 Å². The summed E-state index contributed by atoms with van der Waals surface area (Å²) in [5.74, 6) is 1.77. The number of halogens is 1. The third kappa shape index (κ3) is 3.12. The molecule has 94 valence electrons. The molecule has 1 aliphatic rings. The first-order valence-corrected chi connectivity index (χ1v) is 7.20. The van der Waals surface area contributed by atoms with E-state index in [9.17, 15) is 4.79 Å². The Morgan fingerprint density at radius 1 is 1.65 bits per heavy atom. The topological polar surface area (TPSA) is 33.5 Å². The zero-order valence-electron chi connectivity index (χ0n) is 10.1. The summed E-state index contributed by atoms with van der Waals surface area (Å²) in [5, 5.41) is 0.917. The first-order chi connectivity index (χ1) is 8.20. The Hall–Kier alpha value is -0.770. The van der Waals surface area contributed by atoms with Crippen molar-refractivity contribution in [1.29, 1.82) is 0 Å². The van der Waals surface area contributed by atoms with Gasteiger partial charge in [-0.1, -0.05) is 15.9 Å². The fourth-order valence-electron chi connectivity index (χ4n) is 2.30. The molecule has 2 rings (SSSR count). The van der Waals surface area contributed by atoms with Gasteiger partial charge in [0.1, 0.15) is 5.76 Å². The van der Waals surface area contributed by atoms with E-state index in [1.807, 2.05) is 17.0 Å². The van der Waals surface area contributed by atoms with Gasteiger partial charge >= 0.3 is 0 Å². The molecule has 1 aromatic rings. The molecule has 2 atom stereocenters. The zero-order valence-corrected chi connectivity index (χ0v) is 11.6. The molecular weight excluding hydrogens is 282 g/mol. The molecule has 1 fully saturated rings. The number of carbonyl (C=O) groups excluding carboxylic acids is 1. The number of hydrogen-bond donors (Lipinski definition) is 0. The zero-order chi connectivity index (χ0) is 12.3. The van der Waals surface area contributed by atoms with Gasteiger partial charge in [-0.05, 0) is 31.4 Å². The predicted octanol–water partition coefficient (Wildman–Crippen LogP) is 2.84. The number of aryl methyl sites for hydroxylation is 1. The van der Waals surface area contributed by atoms with Gasteiger partial charge in [-0.2, -0.15) is 0 Å². The van der Waals surface area contributed by atoms with Gasteiger partial charge in [-0.3, -0.25) is 4.79 Å². The highest BCUT2D eigenvalue weighted by molar-refractivity contribution is 9.09. The molecule has 0 spiro atoms. The van der Waals surface area contributed by atoms with E-state index in [4.69, 9.17) is 4.42 Å². The van der Waals surface area contributed by atoms with Gasteiger partial charge in [-0.25, -0.2) is 0 Å². The van der Waals surface area contributed by atoms with Gasteiger partial charge in [0.05, 0.1) is 6.26 Å². The molecule has 17 heavy (non-hydrogen) atoms. The minimum Gasteiger partial charge on any atom is -0.469 e. The number of hydrogen-bond acceptors (Lipinski definition) is 2. The van der Waals surface area contributed by atoms with Crippen molar-refractivity contribution in [3.63, 3.8) is 0 Å². The Bertz CT molecular complexity index is 364. The van der Waals surface area contributed by atoms with E-state index in [1.165, 1.54) is 0 Å². The predicted molar refractivity (Wildman–Crippen MR) is 70.1 cm³/mol. The lowest BCUT2D eigenvalue weighted by molar-refractivity contribution is -0.129. The molecule has 0 saturated carbocycles. The summed E-state index contributed by atoms with van der Waals surface area (Å²) >= 11 is 3.46. The van der Waals surface area contributed by atoms with E-state index >= 15 is 0 Å². The van der Waals surface area contributed by atoms with Crippen LogP contribution in [-0.2, 0) is 11.2 Å². The summed E-state index contributed by atoms with van der Waals surface area (Å²) < 4.78 is 5.30. The van der Waals surface area contributed by atoms with E-state index in [-0.39, 0.29) is 0 Å². The van der Waals surface area contributed by atoms with E-state index in [0.717, 1.165) is 30.5 Å². The van der Waals surface area contributed by atoms with Gasteiger partial charge < -0.3 is 9.32 Å². The first-order valence-electron chi connectivity index (χ1n) is 6.08. The number of amides is 1. The van der Waals surface area contributed by atoms with E-state index in [2.05, 4.69) is 22.9 Å². The first kappa shape index (κ1) is 12.7. The van der Waals surface area contributed by atoms with Crippen LogP contribution in [0.15, 0.2) is 22.8 Å². The SMILES string of the molecule is CC(CCc1ccco1)N1CC(CBr)CC1=O. The van der Waals surface area contributed by atoms with Gasteiger partial charge in [0, 0.05) is 30.8 Å². The highest BCUT2D eigenvalue weighted by Crippen LogP contribution is 2.23. The second kappa shape index (κ2) is 5.71. The van der Waals surface area contributed by atoms with Crippen molar-refractivity contribution in [2.45, 2.75) is 32.2 Å². The molecule has 1 amide bonds. The quantitative estimate of drug-likeness (QED) is 0.784. The molecule has 0 radical (unpaired) electrons. The van der Waals surface area contributed by atoms with Crippen LogP contribution in [0.4, 0.5) is 0 Å². The Morgan fingerprint density at radius 2 is 2.47 bits per heavy atom. The number of furan rings is 1. The minimum absolute atomic E-state index is 0.293. The normalized spacial score (nSPS) is 22.1. The Kier molecular flexibility index (Phi) is 4.26. The number of likely N-dealkylation sites (tertiary alicyclic amines) is 1. The minimum atomic E-state index is 0.293. The average Bonchev–Trinajstić information content (AvgIpc) is 2.94. The molecule has 2 unspecified atom stereocenters. The third-order valence-electron chi connectivity index (χ3n) is 3.38.